The van der Waals surface area contributed by atoms with Gasteiger partial charge in [-0.2, -0.15) is 0 Å². The molecule has 10 heavy (non-hydrogen) atoms. The number of nitrogens with zero attached hydrogens (tertiary/aromatic N) is 1. The Morgan fingerprint density at radius 1 is 1.60 bits per heavy atom. The van der Waals surface area contributed by atoms with Crippen LogP contribution in [0.2, 0.25) is 5.15 Å². The zero-order chi connectivity index (χ0) is 7.56. The standard InChI is InChI=1S/C7H5Cl2N/c1-5(8)6-2-3-10-7(9)4-6/h2-4H,1H2. The maximum atomic E-state index is 5.59. The Kier molecular flexibility index (Phi) is 2.30. The summed E-state index contributed by atoms with van der Waals surface area (Å²) in [5.41, 5.74) is 0.807. The average Bonchev–Trinajstić information content (AvgIpc) is 1.88. The molecule has 0 aliphatic heterocycles. The molecule has 0 atom stereocenters. The van der Waals surface area contributed by atoms with Crippen LogP contribution in [0.1, 0.15) is 5.56 Å². The lowest BCUT2D eigenvalue weighted by Gasteiger charge is -1.94. The van der Waals surface area contributed by atoms with Crippen molar-refractivity contribution in [3.8, 4) is 0 Å². The van der Waals surface area contributed by atoms with Gasteiger partial charge in [-0.15, -0.1) is 0 Å². The van der Waals surface area contributed by atoms with Gasteiger partial charge in [0, 0.05) is 11.2 Å². The van der Waals surface area contributed by atoms with E-state index in [1.54, 1.807) is 18.3 Å². The molecule has 0 spiro atoms. The van der Waals surface area contributed by atoms with Crippen LogP contribution in [0.25, 0.3) is 5.03 Å². The summed E-state index contributed by atoms with van der Waals surface area (Å²) in [4.78, 5) is 3.79. The third-order valence-electron chi connectivity index (χ3n) is 1.04. The van der Waals surface area contributed by atoms with Crippen molar-refractivity contribution in [2.75, 3.05) is 0 Å². The number of halogens is 2. The van der Waals surface area contributed by atoms with Gasteiger partial charge in [-0.25, -0.2) is 4.98 Å². The van der Waals surface area contributed by atoms with E-state index in [-0.39, 0.29) is 0 Å². The highest BCUT2D eigenvalue weighted by Crippen LogP contribution is 2.17. The monoisotopic (exact) mass is 173 g/mol. The molecule has 1 aromatic heterocycles. The highest BCUT2D eigenvalue weighted by molar-refractivity contribution is 6.48. The van der Waals surface area contributed by atoms with Crippen molar-refractivity contribution < 1.29 is 0 Å². The largest absolute Gasteiger partial charge is 0.245 e. The van der Waals surface area contributed by atoms with E-state index in [1.807, 2.05) is 0 Å². The van der Waals surface area contributed by atoms with E-state index < -0.39 is 0 Å². The Hall–Kier alpha value is -0.530. The van der Waals surface area contributed by atoms with E-state index in [2.05, 4.69) is 11.6 Å². The molecule has 0 aromatic carbocycles. The Morgan fingerprint density at radius 2 is 2.30 bits per heavy atom. The Bertz CT molecular complexity index is 258. The predicted molar refractivity (Wildman–Crippen MR) is 44.1 cm³/mol. The van der Waals surface area contributed by atoms with Crippen LogP contribution >= 0.6 is 23.2 Å². The van der Waals surface area contributed by atoms with Crippen molar-refractivity contribution in [2.45, 2.75) is 0 Å². The van der Waals surface area contributed by atoms with E-state index in [0.29, 0.717) is 10.2 Å². The first-order chi connectivity index (χ1) is 4.70. The summed E-state index contributed by atoms with van der Waals surface area (Å²) in [5, 5.41) is 0.906. The number of aromatic nitrogens is 1. The second kappa shape index (κ2) is 3.04. The van der Waals surface area contributed by atoms with Crippen molar-refractivity contribution in [1.29, 1.82) is 0 Å². The molecular formula is C7H5Cl2N. The third kappa shape index (κ3) is 1.72. The summed E-state index contributed by atoms with van der Waals surface area (Å²) in [6, 6.07) is 3.41. The van der Waals surface area contributed by atoms with Gasteiger partial charge in [0.1, 0.15) is 5.15 Å². The van der Waals surface area contributed by atoms with E-state index in [0.717, 1.165) is 5.56 Å². The number of hydrogen-bond acceptors (Lipinski definition) is 1. The molecule has 0 fully saturated rings. The molecule has 0 N–H and O–H groups in total. The summed E-state index contributed by atoms with van der Waals surface area (Å²) in [7, 11) is 0. The second-order valence-electron chi connectivity index (χ2n) is 1.77. The fourth-order valence-corrected chi connectivity index (χ4v) is 0.863. The second-order valence-corrected chi connectivity index (χ2v) is 2.62. The van der Waals surface area contributed by atoms with Crippen molar-refractivity contribution in [2.24, 2.45) is 0 Å². The Morgan fingerprint density at radius 3 is 2.70 bits per heavy atom. The van der Waals surface area contributed by atoms with E-state index in [9.17, 15) is 0 Å². The van der Waals surface area contributed by atoms with Crippen molar-refractivity contribution >= 4 is 28.2 Å². The Labute approximate surface area is 69.3 Å². The van der Waals surface area contributed by atoms with Crippen LogP contribution in [0.15, 0.2) is 24.9 Å². The summed E-state index contributed by atoms with van der Waals surface area (Å²) in [5.74, 6) is 0. The number of rotatable bonds is 1. The lowest BCUT2D eigenvalue weighted by Crippen LogP contribution is -1.77. The van der Waals surface area contributed by atoms with E-state index >= 15 is 0 Å². The summed E-state index contributed by atoms with van der Waals surface area (Å²) >= 11 is 11.2. The molecule has 0 aliphatic rings. The third-order valence-corrected chi connectivity index (χ3v) is 1.46. The molecule has 1 nitrogen and oxygen atoms in total. The lowest BCUT2D eigenvalue weighted by atomic mass is 10.3. The SMILES string of the molecule is C=C(Cl)c1ccnc(Cl)c1. The summed E-state index contributed by atoms with van der Waals surface area (Å²) in [6.07, 6.45) is 1.59. The molecule has 0 unspecified atom stereocenters. The van der Waals surface area contributed by atoms with Gasteiger partial charge in [0.05, 0.1) is 0 Å². The minimum absolute atomic E-state index is 0.430. The van der Waals surface area contributed by atoms with Gasteiger partial charge < -0.3 is 0 Å². The normalized spacial score (nSPS) is 9.40. The van der Waals surface area contributed by atoms with Crippen LogP contribution in [-0.2, 0) is 0 Å². The van der Waals surface area contributed by atoms with Gasteiger partial charge in [-0.05, 0) is 17.7 Å². The molecule has 0 bridgehead atoms. The van der Waals surface area contributed by atoms with Crippen LogP contribution in [0.5, 0.6) is 0 Å². The fraction of sp³-hybridized carbons (Fsp3) is 0. The first-order valence-electron chi connectivity index (χ1n) is 2.66. The highest BCUT2D eigenvalue weighted by Gasteiger charge is 1.94. The zero-order valence-electron chi connectivity index (χ0n) is 5.14. The molecule has 3 heteroatoms. The average molecular weight is 174 g/mol. The van der Waals surface area contributed by atoms with E-state index in [4.69, 9.17) is 23.2 Å². The Balaban J connectivity index is 3.07. The molecule has 0 saturated carbocycles. The first-order valence-corrected chi connectivity index (χ1v) is 3.42. The number of hydrogen-bond donors (Lipinski definition) is 0. The van der Waals surface area contributed by atoms with Crippen LogP contribution in [0, 0.1) is 0 Å². The van der Waals surface area contributed by atoms with Crippen LogP contribution in [-0.4, -0.2) is 4.98 Å². The van der Waals surface area contributed by atoms with Gasteiger partial charge in [0.15, 0.2) is 0 Å². The zero-order valence-corrected chi connectivity index (χ0v) is 6.65. The highest BCUT2D eigenvalue weighted by atomic mass is 35.5. The lowest BCUT2D eigenvalue weighted by molar-refractivity contribution is 1.32. The molecule has 1 rings (SSSR count). The van der Waals surface area contributed by atoms with Crippen molar-refractivity contribution in [3.05, 3.63) is 35.6 Å². The van der Waals surface area contributed by atoms with Crippen molar-refractivity contribution in [3.63, 3.8) is 0 Å². The molecule has 1 aromatic rings. The smallest absolute Gasteiger partial charge is 0.129 e. The summed E-state index contributed by atoms with van der Waals surface area (Å²) < 4.78 is 0. The quantitative estimate of drug-likeness (QED) is 0.596. The minimum atomic E-state index is 0.430. The van der Waals surface area contributed by atoms with Gasteiger partial charge in [0.2, 0.25) is 0 Å². The molecule has 0 aliphatic carbocycles. The van der Waals surface area contributed by atoms with Gasteiger partial charge in [0.25, 0.3) is 0 Å². The predicted octanol–water partition coefficient (Wildman–Crippen LogP) is 2.94. The molecule has 52 valence electrons. The van der Waals surface area contributed by atoms with Gasteiger partial charge in [-0.3, -0.25) is 0 Å². The topological polar surface area (TPSA) is 12.9 Å². The molecule has 0 radical (unpaired) electrons. The van der Waals surface area contributed by atoms with Gasteiger partial charge in [-0.1, -0.05) is 29.8 Å². The fourth-order valence-electron chi connectivity index (χ4n) is 0.571. The maximum Gasteiger partial charge on any atom is 0.129 e. The van der Waals surface area contributed by atoms with Crippen LogP contribution < -0.4 is 0 Å². The number of pyridine rings is 1. The molecule has 0 amide bonds. The van der Waals surface area contributed by atoms with E-state index in [1.165, 1.54) is 0 Å². The van der Waals surface area contributed by atoms with Crippen molar-refractivity contribution in [1.82, 2.24) is 4.98 Å². The van der Waals surface area contributed by atoms with Crippen LogP contribution in [0.4, 0.5) is 0 Å². The molecular weight excluding hydrogens is 169 g/mol. The first kappa shape index (κ1) is 7.58. The van der Waals surface area contributed by atoms with Gasteiger partial charge >= 0.3 is 0 Å². The molecule has 0 saturated heterocycles. The molecule has 1 heterocycles. The minimum Gasteiger partial charge on any atom is -0.245 e. The maximum absolute atomic E-state index is 5.59. The van der Waals surface area contributed by atoms with Crippen LogP contribution in [0.3, 0.4) is 0 Å². The summed E-state index contributed by atoms with van der Waals surface area (Å²) in [6.45, 7) is 3.55.